The molecule has 0 atom stereocenters. The zero-order chi connectivity index (χ0) is 24.0. The van der Waals surface area contributed by atoms with E-state index in [4.69, 9.17) is 23.2 Å². The Kier molecular flexibility index (Phi) is 9.96. The van der Waals surface area contributed by atoms with Crippen molar-refractivity contribution in [2.45, 2.75) is 6.92 Å². The molecule has 0 aliphatic rings. The van der Waals surface area contributed by atoms with Crippen LogP contribution < -0.4 is 9.44 Å². The number of benzene rings is 2. The maximum absolute atomic E-state index is 11.4. The smallest absolute Gasteiger partial charge is 0.229 e. The number of nitrogens with one attached hydrogen (secondary N) is 2. The van der Waals surface area contributed by atoms with Gasteiger partial charge >= 0.3 is 0 Å². The second-order valence-corrected chi connectivity index (χ2v) is 11.1. The molecule has 2 N–H and O–H groups in total. The molecule has 31 heavy (non-hydrogen) atoms. The third-order valence-electron chi connectivity index (χ3n) is 3.34. The standard InChI is InChI=1S/C9H9BrClNO3S.C9H10ClNO3S/c1-16(14,15)12-6-2-3-8(11)7(4-6)9(13)5-10;1-6(12)8-5-7(3-4-9(8)10)11-15(2,13)14/h2-4,12H,5H2,1H3;3-5,11H,1-2H3. The minimum Gasteiger partial charge on any atom is -0.294 e. The predicted molar refractivity (Wildman–Crippen MR) is 128 cm³/mol. The maximum Gasteiger partial charge on any atom is 0.229 e. The Morgan fingerprint density at radius 1 is 0.839 bits per heavy atom. The first kappa shape index (κ1) is 27.4. The van der Waals surface area contributed by atoms with Crippen LogP contribution in [0.1, 0.15) is 27.6 Å². The first-order chi connectivity index (χ1) is 14.1. The van der Waals surface area contributed by atoms with E-state index in [-0.39, 0.29) is 22.5 Å². The van der Waals surface area contributed by atoms with Crippen molar-refractivity contribution in [2.75, 3.05) is 27.3 Å². The van der Waals surface area contributed by atoms with Crippen LogP contribution in [0.25, 0.3) is 0 Å². The fourth-order valence-electron chi connectivity index (χ4n) is 2.16. The summed E-state index contributed by atoms with van der Waals surface area (Å²) in [5.41, 5.74) is 1.22. The van der Waals surface area contributed by atoms with Gasteiger partial charge in [0.25, 0.3) is 0 Å². The lowest BCUT2D eigenvalue weighted by Crippen LogP contribution is -2.10. The summed E-state index contributed by atoms with van der Waals surface area (Å²) in [7, 11) is -6.69. The lowest BCUT2D eigenvalue weighted by atomic mass is 10.1. The van der Waals surface area contributed by atoms with Crippen molar-refractivity contribution in [2.24, 2.45) is 0 Å². The highest BCUT2D eigenvalue weighted by Crippen LogP contribution is 2.23. The van der Waals surface area contributed by atoms with Gasteiger partial charge in [0.05, 0.1) is 27.9 Å². The van der Waals surface area contributed by atoms with Gasteiger partial charge in [0.15, 0.2) is 11.6 Å². The Morgan fingerprint density at radius 2 is 1.23 bits per heavy atom. The molecule has 170 valence electrons. The van der Waals surface area contributed by atoms with Gasteiger partial charge in [-0.1, -0.05) is 39.1 Å². The van der Waals surface area contributed by atoms with E-state index in [1.54, 1.807) is 0 Å². The number of hydrogen-bond donors (Lipinski definition) is 2. The predicted octanol–water partition coefficient (Wildman–Crippen LogP) is 4.20. The lowest BCUT2D eigenvalue weighted by molar-refractivity contribution is 0.101. The van der Waals surface area contributed by atoms with Crippen LogP contribution >= 0.6 is 39.1 Å². The van der Waals surface area contributed by atoms with Crippen molar-refractivity contribution in [3.8, 4) is 0 Å². The Labute approximate surface area is 199 Å². The molecule has 8 nitrogen and oxygen atoms in total. The molecular weight excluding hydrogens is 555 g/mol. The van der Waals surface area contributed by atoms with Gasteiger partial charge in [0.1, 0.15) is 0 Å². The van der Waals surface area contributed by atoms with E-state index in [2.05, 4.69) is 25.4 Å². The van der Waals surface area contributed by atoms with E-state index in [9.17, 15) is 26.4 Å². The number of ketones is 2. The SMILES string of the molecule is CC(=O)c1cc(NS(C)(=O)=O)ccc1Cl.CS(=O)(=O)Nc1ccc(Cl)c(C(=O)CBr)c1. The summed E-state index contributed by atoms with van der Waals surface area (Å²) in [6.45, 7) is 1.37. The average Bonchev–Trinajstić information content (AvgIpc) is 2.62. The lowest BCUT2D eigenvalue weighted by Gasteiger charge is -2.06. The summed E-state index contributed by atoms with van der Waals surface area (Å²) in [4.78, 5) is 22.6. The third kappa shape index (κ3) is 10.0. The van der Waals surface area contributed by atoms with Crippen molar-refractivity contribution in [1.82, 2.24) is 0 Å². The number of Topliss-reactive ketones (excluding diaryl/α,β-unsaturated/α-hetero) is 2. The normalized spacial score (nSPS) is 11.2. The molecule has 0 saturated heterocycles. The largest absolute Gasteiger partial charge is 0.294 e. The van der Waals surface area contributed by atoms with E-state index in [1.165, 1.54) is 43.3 Å². The molecule has 0 saturated carbocycles. The number of hydrogen-bond acceptors (Lipinski definition) is 6. The molecule has 0 amide bonds. The maximum atomic E-state index is 11.4. The first-order valence-corrected chi connectivity index (χ1v) is 13.9. The van der Waals surface area contributed by atoms with Gasteiger partial charge in [0.2, 0.25) is 20.0 Å². The van der Waals surface area contributed by atoms with Gasteiger partial charge in [-0.05, 0) is 43.3 Å². The van der Waals surface area contributed by atoms with Crippen molar-refractivity contribution in [1.29, 1.82) is 0 Å². The summed E-state index contributed by atoms with van der Waals surface area (Å²) in [5.74, 6) is -0.417. The molecule has 0 heterocycles. The van der Waals surface area contributed by atoms with Crippen LogP contribution in [0.3, 0.4) is 0 Å². The zero-order valence-corrected chi connectivity index (χ0v) is 21.3. The second-order valence-electron chi connectivity index (χ2n) is 6.25. The van der Waals surface area contributed by atoms with Crippen LogP contribution in [0.5, 0.6) is 0 Å². The van der Waals surface area contributed by atoms with Crippen molar-refractivity contribution >= 4 is 82.1 Å². The molecular formula is C18H19BrCl2N2O6S2. The van der Waals surface area contributed by atoms with Gasteiger partial charge in [-0.3, -0.25) is 19.0 Å². The van der Waals surface area contributed by atoms with Gasteiger partial charge in [-0.25, -0.2) is 16.8 Å². The molecule has 0 aromatic heterocycles. The summed E-state index contributed by atoms with van der Waals surface area (Å²) in [6, 6.07) is 8.76. The summed E-state index contributed by atoms with van der Waals surface area (Å²) >= 11 is 14.6. The van der Waals surface area contributed by atoms with E-state index in [0.29, 0.717) is 27.0 Å². The van der Waals surface area contributed by atoms with E-state index in [0.717, 1.165) is 12.5 Å². The topological polar surface area (TPSA) is 126 Å². The molecule has 13 heteroatoms. The third-order valence-corrected chi connectivity index (χ3v) is 5.72. The number of rotatable bonds is 7. The van der Waals surface area contributed by atoms with Gasteiger partial charge < -0.3 is 0 Å². The fraction of sp³-hybridized carbons (Fsp3) is 0.222. The van der Waals surface area contributed by atoms with Crippen LogP contribution in [0.2, 0.25) is 10.0 Å². The van der Waals surface area contributed by atoms with Crippen LogP contribution in [0, 0.1) is 0 Å². The van der Waals surface area contributed by atoms with Crippen LogP contribution in [-0.2, 0) is 20.0 Å². The summed E-state index contributed by atoms with van der Waals surface area (Å²) < 4.78 is 48.4. The molecule has 2 aromatic rings. The molecule has 0 radical (unpaired) electrons. The molecule has 2 aromatic carbocycles. The fourth-order valence-corrected chi connectivity index (χ4v) is 4.05. The molecule has 0 unspecified atom stereocenters. The minimum atomic E-state index is -3.36. The number of sulfonamides is 2. The highest BCUT2D eigenvalue weighted by atomic mass is 79.9. The minimum absolute atomic E-state index is 0.134. The van der Waals surface area contributed by atoms with E-state index in [1.807, 2.05) is 0 Å². The highest BCUT2D eigenvalue weighted by Gasteiger charge is 2.11. The van der Waals surface area contributed by atoms with Crippen molar-refractivity contribution < 1.29 is 26.4 Å². The first-order valence-electron chi connectivity index (χ1n) is 8.27. The molecule has 0 aliphatic carbocycles. The molecule has 0 spiro atoms. The number of carbonyl (C=O) groups is 2. The highest BCUT2D eigenvalue weighted by molar-refractivity contribution is 9.09. The van der Waals surface area contributed by atoms with Crippen LogP contribution in [-0.4, -0.2) is 46.2 Å². The summed E-state index contributed by atoms with van der Waals surface area (Å²) in [5, 5.41) is 0.736. The summed E-state index contributed by atoms with van der Waals surface area (Å²) in [6.07, 6.45) is 2.07. The van der Waals surface area contributed by atoms with Crippen LogP contribution in [0.15, 0.2) is 36.4 Å². The molecule has 0 bridgehead atoms. The molecule has 2 rings (SSSR count). The van der Waals surface area contributed by atoms with Gasteiger partial charge in [-0.15, -0.1) is 0 Å². The quantitative estimate of drug-likeness (QED) is 0.377. The second kappa shape index (κ2) is 11.3. The average molecular weight is 574 g/mol. The van der Waals surface area contributed by atoms with Gasteiger partial charge in [-0.2, -0.15) is 0 Å². The molecule has 0 aliphatic heterocycles. The Morgan fingerprint density at radius 3 is 1.58 bits per heavy atom. The van der Waals surface area contributed by atoms with Crippen molar-refractivity contribution in [3.63, 3.8) is 0 Å². The monoisotopic (exact) mass is 572 g/mol. The van der Waals surface area contributed by atoms with Crippen molar-refractivity contribution in [3.05, 3.63) is 57.6 Å². The zero-order valence-electron chi connectivity index (χ0n) is 16.6. The number of alkyl halides is 1. The Balaban J connectivity index is 0.000000311. The van der Waals surface area contributed by atoms with E-state index >= 15 is 0 Å². The Hall–Kier alpha value is -1.66. The van der Waals surface area contributed by atoms with E-state index < -0.39 is 20.0 Å². The number of carbonyl (C=O) groups excluding carboxylic acids is 2. The Bertz CT molecular complexity index is 1200. The number of halogens is 3. The van der Waals surface area contributed by atoms with Gasteiger partial charge in [0, 0.05) is 22.5 Å². The van der Waals surface area contributed by atoms with Crippen LogP contribution in [0.4, 0.5) is 11.4 Å². The molecule has 0 fully saturated rings. The number of anilines is 2.